The van der Waals surface area contributed by atoms with Crippen molar-refractivity contribution >= 4 is 15.9 Å². The Morgan fingerprint density at radius 2 is 1.93 bits per heavy atom. The molecule has 80 valence electrons. The smallest absolute Gasteiger partial charge is 0.136 e. The molecule has 0 atom stereocenters. The van der Waals surface area contributed by atoms with E-state index in [1.54, 1.807) is 0 Å². The lowest BCUT2D eigenvalue weighted by Gasteiger charge is -1.97. The lowest BCUT2D eigenvalue weighted by molar-refractivity contribution is 0.375. The van der Waals surface area contributed by atoms with Crippen LogP contribution in [0.25, 0.3) is 0 Å². The van der Waals surface area contributed by atoms with E-state index in [0.29, 0.717) is 0 Å². The largest absolute Gasteiger partial charge is 0.361 e. The molecule has 0 aromatic carbocycles. The zero-order valence-electron chi connectivity index (χ0n) is 8.76. The Morgan fingerprint density at radius 1 is 1.21 bits per heavy atom. The lowest BCUT2D eigenvalue weighted by Crippen LogP contribution is -1.84. The van der Waals surface area contributed by atoms with Crippen LogP contribution in [0.15, 0.2) is 10.6 Å². The molecule has 2 nitrogen and oxygen atoms in total. The third kappa shape index (κ3) is 4.80. The predicted octanol–water partition coefficient (Wildman–Crippen LogP) is 3.87. The van der Waals surface area contributed by atoms with Crippen LogP contribution in [0.2, 0.25) is 0 Å². The number of halogens is 1. The molecule has 0 amide bonds. The summed E-state index contributed by atoms with van der Waals surface area (Å²) in [5.41, 5.74) is 0.985. The maximum Gasteiger partial charge on any atom is 0.136 e. The molecule has 0 aliphatic rings. The first kappa shape index (κ1) is 11.8. The summed E-state index contributed by atoms with van der Waals surface area (Å²) in [5.74, 6) is 1.03. The van der Waals surface area contributed by atoms with Crippen molar-refractivity contribution in [3.05, 3.63) is 17.5 Å². The molecule has 1 aromatic heterocycles. The SMILES string of the molecule is Cc1cc(CCCCCCCBr)on1. The molecule has 0 aliphatic carbocycles. The summed E-state index contributed by atoms with van der Waals surface area (Å²) in [4.78, 5) is 0. The van der Waals surface area contributed by atoms with E-state index in [0.717, 1.165) is 23.2 Å². The third-order valence-electron chi connectivity index (χ3n) is 2.23. The summed E-state index contributed by atoms with van der Waals surface area (Å²) in [6.45, 7) is 1.96. The van der Waals surface area contributed by atoms with Gasteiger partial charge in [-0.1, -0.05) is 40.3 Å². The van der Waals surface area contributed by atoms with Gasteiger partial charge in [0, 0.05) is 17.8 Å². The normalized spacial score (nSPS) is 10.7. The van der Waals surface area contributed by atoms with E-state index in [1.807, 2.05) is 13.0 Å². The summed E-state index contributed by atoms with van der Waals surface area (Å²) in [6, 6.07) is 2.03. The molecule has 3 heteroatoms. The van der Waals surface area contributed by atoms with Gasteiger partial charge in [-0.2, -0.15) is 0 Å². The molecule has 0 aliphatic heterocycles. The van der Waals surface area contributed by atoms with E-state index in [9.17, 15) is 0 Å². The van der Waals surface area contributed by atoms with E-state index in [1.165, 1.54) is 32.1 Å². The van der Waals surface area contributed by atoms with Gasteiger partial charge in [-0.3, -0.25) is 0 Å². The number of unbranched alkanes of at least 4 members (excludes halogenated alkanes) is 4. The first-order valence-electron chi connectivity index (χ1n) is 5.31. The minimum Gasteiger partial charge on any atom is -0.361 e. The molecule has 0 bridgehead atoms. The average molecular weight is 260 g/mol. The molecule has 0 fully saturated rings. The van der Waals surface area contributed by atoms with E-state index >= 15 is 0 Å². The van der Waals surface area contributed by atoms with Crippen molar-refractivity contribution < 1.29 is 4.52 Å². The van der Waals surface area contributed by atoms with E-state index < -0.39 is 0 Å². The van der Waals surface area contributed by atoms with Crippen molar-refractivity contribution in [2.75, 3.05) is 5.33 Å². The lowest BCUT2D eigenvalue weighted by atomic mass is 10.1. The van der Waals surface area contributed by atoms with Crippen LogP contribution in [-0.4, -0.2) is 10.5 Å². The number of aromatic nitrogens is 1. The molecule has 0 unspecified atom stereocenters. The van der Waals surface area contributed by atoms with Crippen molar-refractivity contribution in [3.8, 4) is 0 Å². The number of nitrogens with zero attached hydrogens (tertiary/aromatic N) is 1. The van der Waals surface area contributed by atoms with Crippen LogP contribution in [0, 0.1) is 6.92 Å². The molecule has 1 aromatic rings. The summed E-state index contributed by atoms with van der Waals surface area (Å²) < 4.78 is 5.13. The molecule has 14 heavy (non-hydrogen) atoms. The number of hydrogen-bond donors (Lipinski definition) is 0. The van der Waals surface area contributed by atoms with Crippen molar-refractivity contribution in [1.82, 2.24) is 5.16 Å². The number of hydrogen-bond acceptors (Lipinski definition) is 2. The molecule has 0 radical (unpaired) electrons. The number of aryl methyl sites for hydroxylation is 2. The van der Waals surface area contributed by atoms with Crippen LogP contribution >= 0.6 is 15.9 Å². The maximum atomic E-state index is 5.13. The van der Waals surface area contributed by atoms with Crippen molar-refractivity contribution in [1.29, 1.82) is 0 Å². The van der Waals surface area contributed by atoms with Crippen molar-refractivity contribution in [2.24, 2.45) is 0 Å². The second kappa shape index (κ2) is 7.04. The number of rotatable bonds is 7. The zero-order valence-corrected chi connectivity index (χ0v) is 10.3. The van der Waals surface area contributed by atoms with E-state index in [2.05, 4.69) is 21.1 Å². The van der Waals surface area contributed by atoms with Crippen molar-refractivity contribution in [3.63, 3.8) is 0 Å². The standard InChI is InChI=1S/C11H18BrNO/c1-10-9-11(14-13-10)7-5-3-2-4-6-8-12/h9H,2-8H2,1H3. The fourth-order valence-corrected chi connectivity index (χ4v) is 1.85. The Balaban J connectivity index is 1.99. The molecule has 0 saturated heterocycles. The maximum absolute atomic E-state index is 5.13. The Labute approximate surface area is 94.2 Å². The first-order chi connectivity index (χ1) is 6.83. The number of alkyl halides is 1. The zero-order chi connectivity index (χ0) is 10.2. The van der Waals surface area contributed by atoms with Gasteiger partial charge in [0.1, 0.15) is 5.76 Å². The highest BCUT2D eigenvalue weighted by molar-refractivity contribution is 9.09. The fraction of sp³-hybridized carbons (Fsp3) is 0.727. The van der Waals surface area contributed by atoms with Gasteiger partial charge in [-0.15, -0.1) is 0 Å². The Bertz CT molecular complexity index is 247. The molecular formula is C11H18BrNO. The van der Waals surface area contributed by atoms with Gasteiger partial charge in [0.05, 0.1) is 5.69 Å². The molecule has 1 rings (SSSR count). The molecule has 0 N–H and O–H groups in total. The molecule has 1 heterocycles. The highest BCUT2D eigenvalue weighted by Gasteiger charge is 1.99. The summed E-state index contributed by atoms with van der Waals surface area (Å²) >= 11 is 3.43. The second-order valence-corrected chi connectivity index (χ2v) is 4.43. The summed E-state index contributed by atoms with van der Waals surface area (Å²) in [6.07, 6.45) is 7.51. The van der Waals surface area contributed by atoms with Crippen LogP contribution < -0.4 is 0 Å². The minimum absolute atomic E-state index is 0.985. The first-order valence-corrected chi connectivity index (χ1v) is 6.43. The van der Waals surface area contributed by atoms with Gasteiger partial charge < -0.3 is 4.52 Å². The van der Waals surface area contributed by atoms with Crippen LogP contribution in [0.5, 0.6) is 0 Å². The van der Waals surface area contributed by atoms with Gasteiger partial charge in [0.15, 0.2) is 0 Å². The Kier molecular flexibility index (Phi) is 5.92. The van der Waals surface area contributed by atoms with E-state index in [-0.39, 0.29) is 0 Å². The minimum atomic E-state index is 0.985. The van der Waals surface area contributed by atoms with E-state index in [4.69, 9.17) is 4.52 Å². The highest BCUT2D eigenvalue weighted by atomic mass is 79.9. The monoisotopic (exact) mass is 259 g/mol. The average Bonchev–Trinajstić information content (AvgIpc) is 2.58. The molecule has 0 saturated carbocycles. The third-order valence-corrected chi connectivity index (χ3v) is 2.79. The van der Waals surface area contributed by atoms with Crippen LogP contribution in [0.1, 0.15) is 43.6 Å². The predicted molar refractivity (Wildman–Crippen MR) is 61.8 cm³/mol. The van der Waals surface area contributed by atoms with Crippen LogP contribution in [0.4, 0.5) is 0 Å². The Hall–Kier alpha value is -0.310. The molecule has 0 spiro atoms. The highest BCUT2D eigenvalue weighted by Crippen LogP contribution is 2.10. The van der Waals surface area contributed by atoms with Gasteiger partial charge >= 0.3 is 0 Å². The van der Waals surface area contributed by atoms with Gasteiger partial charge in [-0.05, 0) is 19.8 Å². The Morgan fingerprint density at radius 3 is 2.57 bits per heavy atom. The van der Waals surface area contributed by atoms with Gasteiger partial charge in [0.2, 0.25) is 0 Å². The fourth-order valence-electron chi connectivity index (χ4n) is 1.46. The van der Waals surface area contributed by atoms with Gasteiger partial charge in [-0.25, -0.2) is 0 Å². The van der Waals surface area contributed by atoms with Crippen LogP contribution in [-0.2, 0) is 6.42 Å². The molecular weight excluding hydrogens is 242 g/mol. The summed E-state index contributed by atoms with van der Waals surface area (Å²) in [7, 11) is 0. The van der Waals surface area contributed by atoms with Crippen LogP contribution in [0.3, 0.4) is 0 Å². The van der Waals surface area contributed by atoms with Gasteiger partial charge in [0.25, 0.3) is 0 Å². The van der Waals surface area contributed by atoms with Crippen molar-refractivity contribution in [2.45, 2.75) is 45.4 Å². The summed E-state index contributed by atoms with van der Waals surface area (Å²) in [5, 5.41) is 5.00. The second-order valence-electron chi connectivity index (χ2n) is 3.64. The quantitative estimate of drug-likeness (QED) is 0.549. The topological polar surface area (TPSA) is 26.0 Å².